The quantitative estimate of drug-likeness (QED) is 0.405. The molecule has 0 radical (unpaired) electrons. The average Bonchev–Trinajstić information content (AvgIpc) is 3.17. The van der Waals surface area contributed by atoms with Crippen LogP contribution in [0.15, 0.2) is 64.0 Å². The molecule has 2 N–H and O–H groups in total. The Bertz CT molecular complexity index is 1100. The van der Waals surface area contributed by atoms with Gasteiger partial charge in [-0.05, 0) is 36.1 Å². The molecule has 162 valence electrons. The second-order valence-electron chi connectivity index (χ2n) is 7.06. The number of carbonyl (C=O) groups excluding carboxylic acids is 1. The molecule has 2 heterocycles. The van der Waals surface area contributed by atoms with E-state index in [4.69, 9.17) is 0 Å². The summed E-state index contributed by atoms with van der Waals surface area (Å²) in [5.41, 5.74) is 1.23. The molecule has 31 heavy (non-hydrogen) atoms. The van der Waals surface area contributed by atoms with E-state index in [1.54, 1.807) is 36.4 Å². The van der Waals surface area contributed by atoms with Gasteiger partial charge in [-0.3, -0.25) is 4.79 Å². The van der Waals surface area contributed by atoms with Crippen molar-refractivity contribution in [2.75, 3.05) is 16.9 Å². The van der Waals surface area contributed by atoms with E-state index in [0.717, 1.165) is 19.6 Å². The van der Waals surface area contributed by atoms with E-state index >= 15 is 0 Å². The van der Waals surface area contributed by atoms with Gasteiger partial charge in [0.15, 0.2) is 11.7 Å². The molecule has 0 spiro atoms. The Morgan fingerprint density at radius 1 is 1.23 bits per heavy atom. The molecular weight excluding hydrogens is 493 g/mol. The smallest absolute Gasteiger partial charge is 0.363 e. The van der Waals surface area contributed by atoms with Crippen LogP contribution in [0, 0.1) is 0 Å². The van der Waals surface area contributed by atoms with E-state index in [1.165, 1.54) is 17.8 Å². The van der Waals surface area contributed by atoms with E-state index in [2.05, 4.69) is 31.7 Å². The molecule has 2 aromatic carbocycles. The fraction of sp³-hybridized carbons (Fsp3) is 0.238. The van der Waals surface area contributed by atoms with Crippen LogP contribution in [0.1, 0.15) is 34.6 Å². The highest BCUT2D eigenvalue weighted by Gasteiger charge is 2.46. The third-order valence-electron chi connectivity index (χ3n) is 5.05. The molecule has 0 bridgehead atoms. The van der Waals surface area contributed by atoms with Gasteiger partial charge in [0.2, 0.25) is 0 Å². The zero-order valence-electron chi connectivity index (χ0n) is 16.3. The maximum atomic E-state index is 13.8. The number of alkyl halides is 3. The molecule has 10 heteroatoms. The first-order valence-electron chi connectivity index (χ1n) is 9.39. The summed E-state index contributed by atoms with van der Waals surface area (Å²) >= 11 is 4.79. The second kappa shape index (κ2) is 8.58. The number of hydrogen-bond donors (Lipinski definition) is 2. The first kappa shape index (κ1) is 21.8. The third-order valence-corrected chi connectivity index (χ3v) is 6.37. The number of rotatable bonds is 4. The molecular formula is C21H18BrF3N4OS. The van der Waals surface area contributed by atoms with E-state index in [0.29, 0.717) is 5.69 Å². The number of carbonyl (C=O) groups is 1. The number of amides is 1. The van der Waals surface area contributed by atoms with Crippen molar-refractivity contribution in [1.82, 2.24) is 9.78 Å². The zero-order chi connectivity index (χ0) is 22.2. The van der Waals surface area contributed by atoms with Crippen molar-refractivity contribution in [2.24, 2.45) is 0 Å². The van der Waals surface area contributed by atoms with Gasteiger partial charge < -0.3 is 10.6 Å². The number of para-hydroxylation sites is 1. The van der Waals surface area contributed by atoms with Crippen molar-refractivity contribution in [3.63, 3.8) is 0 Å². The molecule has 3 aromatic rings. The van der Waals surface area contributed by atoms with E-state index in [-0.39, 0.29) is 17.9 Å². The van der Waals surface area contributed by atoms with Crippen LogP contribution in [0.25, 0.3) is 0 Å². The molecule has 1 aliphatic rings. The number of nitrogens with one attached hydrogen (secondary N) is 2. The van der Waals surface area contributed by atoms with Gasteiger partial charge in [-0.25, -0.2) is 4.68 Å². The second-order valence-corrected chi connectivity index (χ2v) is 8.82. The Labute approximate surface area is 189 Å². The van der Waals surface area contributed by atoms with Gasteiger partial charge in [0.05, 0.1) is 11.7 Å². The van der Waals surface area contributed by atoms with Crippen LogP contribution >= 0.6 is 27.7 Å². The summed E-state index contributed by atoms with van der Waals surface area (Å²) in [6.45, 7) is 0. The van der Waals surface area contributed by atoms with Crippen molar-refractivity contribution in [3.8, 4) is 0 Å². The minimum absolute atomic E-state index is 0.0795. The van der Waals surface area contributed by atoms with Gasteiger partial charge in [-0.15, -0.1) is 11.8 Å². The number of halogens is 4. The topological polar surface area (TPSA) is 59.0 Å². The maximum Gasteiger partial charge on any atom is 0.410 e. The van der Waals surface area contributed by atoms with Crippen LogP contribution in [0.3, 0.4) is 0 Å². The maximum absolute atomic E-state index is 13.8. The Kier molecular flexibility index (Phi) is 6.02. The van der Waals surface area contributed by atoms with Crippen LogP contribution in [-0.2, 0) is 0 Å². The number of anilines is 2. The molecule has 4 rings (SSSR count). The van der Waals surface area contributed by atoms with E-state index < -0.39 is 24.2 Å². The van der Waals surface area contributed by atoms with Gasteiger partial charge in [0.1, 0.15) is 5.82 Å². The Morgan fingerprint density at radius 3 is 2.61 bits per heavy atom. The van der Waals surface area contributed by atoms with Crippen molar-refractivity contribution in [1.29, 1.82) is 0 Å². The molecule has 0 aliphatic carbocycles. The fourth-order valence-electron chi connectivity index (χ4n) is 3.53. The number of nitrogens with zero attached hydrogens (tertiary/aromatic N) is 2. The minimum Gasteiger partial charge on any atom is -0.363 e. The van der Waals surface area contributed by atoms with Crippen LogP contribution in [-0.4, -0.2) is 28.1 Å². The number of aromatic nitrogens is 2. The summed E-state index contributed by atoms with van der Waals surface area (Å²) in [5.74, 6) is -0.406. The number of thioether (sulfide) groups is 1. The van der Waals surface area contributed by atoms with Gasteiger partial charge in [-0.1, -0.05) is 40.2 Å². The van der Waals surface area contributed by atoms with Crippen LogP contribution in [0.4, 0.5) is 24.7 Å². The lowest BCUT2D eigenvalue weighted by molar-refractivity contribution is -0.173. The SMILES string of the molecule is CSc1ccccc1NC(=O)c1cc2n(n1)[C@H](C(F)(F)F)C[C@H](c1ccc(Br)cc1)N2. The summed E-state index contributed by atoms with van der Waals surface area (Å²) < 4.78 is 43.2. The van der Waals surface area contributed by atoms with Gasteiger partial charge in [0, 0.05) is 21.9 Å². The number of hydrogen-bond acceptors (Lipinski definition) is 4. The summed E-state index contributed by atoms with van der Waals surface area (Å²) in [6.07, 6.45) is -2.85. The molecule has 0 saturated carbocycles. The normalized spacial score (nSPS) is 18.2. The van der Waals surface area contributed by atoms with Crippen molar-refractivity contribution in [2.45, 2.75) is 29.6 Å². The van der Waals surface area contributed by atoms with Gasteiger partial charge >= 0.3 is 6.18 Å². The van der Waals surface area contributed by atoms with Gasteiger partial charge in [0.25, 0.3) is 5.91 Å². The predicted octanol–water partition coefficient (Wildman–Crippen LogP) is 6.28. The highest BCUT2D eigenvalue weighted by atomic mass is 79.9. The highest BCUT2D eigenvalue weighted by molar-refractivity contribution is 9.10. The molecule has 0 saturated heterocycles. The average molecular weight is 511 g/mol. The van der Waals surface area contributed by atoms with Crippen LogP contribution in [0.2, 0.25) is 0 Å². The number of benzene rings is 2. The zero-order valence-corrected chi connectivity index (χ0v) is 18.7. The number of fused-ring (bicyclic) bond motifs is 1. The summed E-state index contributed by atoms with van der Waals surface area (Å²) in [6, 6.07) is 13.3. The monoisotopic (exact) mass is 510 g/mol. The fourth-order valence-corrected chi connectivity index (χ4v) is 4.35. The van der Waals surface area contributed by atoms with Gasteiger partial charge in [-0.2, -0.15) is 18.3 Å². The molecule has 1 amide bonds. The first-order chi connectivity index (χ1) is 14.8. The lowest BCUT2D eigenvalue weighted by atomic mass is 9.97. The Balaban J connectivity index is 1.64. The minimum atomic E-state index is -4.50. The predicted molar refractivity (Wildman–Crippen MR) is 119 cm³/mol. The summed E-state index contributed by atoms with van der Waals surface area (Å²) in [5, 5.41) is 9.84. The lowest BCUT2D eigenvalue weighted by Gasteiger charge is -2.33. The van der Waals surface area contributed by atoms with Crippen LogP contribution < -0.4 is 10.6 Å². The van der Waals surface area contributed by atoms with Crippen LogP contribution in [0.5, 0.6) is 0 Å². The first-order valence-corrected chi connectivity index (χ1v) is 11.4. The summed E-state index contributed by atoms with van der Waals surface area (Å²) in [7, 11) is 0. The molecule has 1 aliphatic heterocycles. The van der Waals surface area contributed by atoms with E-state index in [9.17, 15) is 18.0 Å². The largest absolute Gasteiger partial charge is 0.410 e. The van der Waals surface area contributed by atoms with Crippen molar-refractivity contribution >= 4 is 45.1 Å². The van der Waals surface area contributed by atoms with Crippen molar-refractivity contribution < 1.29 is 18.0 Å². The summed E-state index contributed by atoms with van der Waals surface area (Å²) in [4.78, 5) is 13.6. The Morgan fingerprint density at radius 2 is 1.94 bits per heavy atom. The highest BCUT2D eigenvalue weighted by Crippen LogP contribution is 2.43. The molecule has 0 unspecified atom stereocenters. The molecule has 0 fully saturated rings. The Hall–Kier alpha value is -2.46. The molecule has 5 nitrogen and oxygen atoms in total. The lowest BCUT2D eigenvalue weighted by Crippen LogP contribution is -2.35. The molecule has 2 atom stereocenters. The molecule has 1 aromatic heterocycles. The standard InChI is InChI=1S/C21H18BrF3N4OS/c1-31-17-5-3-2-4-14(17)27-20(30)16-11-19-26-15(12-6-8-13(22)9-7-12)10-18(21(23,24)25)29(19)28-16/h2-9,11,15,18,26H,10H2,1H3,(H,27,30)/t15-,18+/m1/s1. The van der Waals surface area contributed by atoms with Crippen molar-refractivity contribution in [3.05, 3.63) is 70.3 Å². The third kappa shape index (κ3) is 4.59. The van der Waals surface area contributed by atoms with E-state index in [1.807, 2.05) is 18.4 Å².